The molecule has 0 amide bonds. The predicted molar refractivity (Wildman–Crippen MR) is 240 cm³/mol. The Morgan fingerprint density at radius 3 is 1.37 bits per heavy atom. The molecule has 0 aliphatic rings. The lowest BCUT2D eigenvalue weighted by molar-refractivity contribution is 0.668. The molecular formula is C54H32N2O. The number of rotatable bonds is 3. The van der Waals surface area contributed by atoms with Gasteiger partial charge in [-0.3, -0.25) is 0 Å². The minimum atomic E-state index is 0.885. The van der Waals surface area contributed by atoms with Crippen molar-refractivity contribution in [2.45, 2.75) is 0 Å². The van der Waals surface area contributed by atoms with Crippen LogP contribution in [0.15, 0.2) is 199 Å². The van der Waals surface area contributed by atoms with Crippen LogP contribution >= 0.6 is 0 Å². The molecule has 3 aromatic heterocycles. The molecule has 0 saturated carbocycles. The van der Waals surface area contributed by atoms with Gasteiger partial charge in [0.1, 0.15) is 11.2 Å². The molecular weight excluding hydrogens is 693 g/mol. The maximum atomic E-state index is 6.45. The molecule has 3 heteroatoms. The van der Waals surface area contributed by atoms with Crippen molar-refractivity contribution in [1.82, 2.24) is 9.13 Å². The summed E-state index contributed by atoms with van der Waals surface area (Å²) in [5.74, 6) is 0. The van der Waals surface area contributed by atoms with E-state index < -0.39 is 0 Å². The number of hydrogen-bond acceptors (Lipinski definition) is 1. The van der Waals surface area contributed by atoms with Crippen LogP contribution in [0.4, 0.5) is 0 Å². The van der Waals surface area contributed by atoms with Crippen molar-refractivity contribution in [3.8, 4) is 22.5 Å². The van der Waals surface area contributed by atoms with Crippen LogP contribution in [-0.2, 0) is 0 Å². The zero-order valence-electron chi connectivity index (χ0n) is 30.8. The second kappa shape index (κ2) is 11.5. The Labute approximate surface area is 326 Å². The molecule has 10 aromatic carbocycles. The van der Waals surface area contributed by atoms with E-state index in [0.717, 1.165) is 38.8 Å². The summed E-state index contributed by atoms with van der Waals surface area (Å²) in [6.45, 7) is 0. The fraction of sp³-hybridized carbons (Fsp3) is 0. The van der Waals surface area contributed by atoms with E-state index >= 15 is 0 Å². The Morgan fingerprint density at radius 2 is 0.719 bits per heavy atom. The summed E-state index contributed by atoms with van der Waals surface area (Å²) in [6.07, 6.45) is 0. The molecule has 264 valence electrons. The largest absolute Gasteiger partial charge is 0.456 e. The zero-order chi connectivity index (χ0) is 37.2. The summed E-state index contributed by atoms with van der Waals surface area (Å²) in [5.41, 5.74) is 11.1. The van der Waals surface area contributed by atoms with Gasteiger partial charge in [-0.2, -0.15) is 0 Å². The van der Waals surface area contributed by atoms with E-state index in [9.17, 15) is 0 Å². The summed E-state index contributed by atoms with van der Waals surface area (Å²) < 4.78 is 11.4. The van der Waals surface area contributed by atoms with Crippen molar-refractivity contribution in [2.75, 3.05) is 0 Å². The number of benzene rings is 10. The molecule has 0 bridgehead atoms. The lowest BCUT2D eigenvalue weighted by atomic mass is 9.92. The molecule has 0 aliphatic heterocycles. The van der Waals surface area contributed by atoms with Crippen LogP contribution in [0.1, 0.15) is 0 Å². The standard InChI is InChI=1S/C54H32N2O/c1-2-16-39-37(14-1)38-15-3-4-17-40(38)48-31-34(24-26-41(39)48)33-12-11-13-35(30-33)55-49-21-8-5-18-42(49)46-28-29-47-43-19-6-9-22-50(43)56(54(47)53(46)55)36-25-27-45-44-20-7-10-23-51(44)57-52(45)32-36/h1-32H. The highest BCUT2D eigenvalue weighted by atomic mass is 16.3. The van der Waals surface area contributed by atoms with Crippen molar-refractivity contribution in [3.63, 3.8) is 0 Å². The van der Waals surface area contributed by atoms with Crippen LogP contribution in [0, 0.1) is 0 Å². The molecule has 0 N–H and O–H groups in total. The van der Waals surface area contributed by atoms with Crippen LogP contribution in [0.25, 0.3) is 120 Å². The van der Waals surface area contributed by atoms with Gasteiger partial charge in [0.2, 0.25) is 0 Å². The van der Waals surface area contributed by atoms with E-state index in [-0.39, 0.29) is 0 Å². The molecule has 0 saturated heterocycles. The van der Waals surface area contributed by atoms with E-state index in [1.165, 1.54) is 81.5 Å². The fourth-order valence-corrected chi connectivity index (χ4v) is 9.80. The SMILES string of the molecule is c1cc(-c2ccc3c4ccccc4c4ccccc4c3c2)cc(-n2c3ccccc3c3ccc4c5ccccc5n(-c5ccc6c(c5)oc5ccccc56)c4c32)c1. The highest BCUT2D eigenvalue weighted by molar-refractivity contribution is 6.26. The minimum Gasteiger partial charge on any atom is -0.456 e. The third kappa shape index (κ3) is 4.26. The van der Waals surface area contributed by atoms with Crippen molar-refractivity contribution < 1.29 is 4.42 Å². The van der Waals surface area contributed by atoms with Gasteiger partial charge < -0.3 is 13.6 Å². The molecule has 0 aliphatic carbocycles. The quantitative estimate of drug-likeness (QED) is 0.166. The molecule has 3 nitrogen and oxygen atoms in total. The van der Waals surface area contributed by atoms with Gasteiger partial charge in [-0.15, -0.1) is 0 Å². The predicted octanol–water partition coefficient (Wildman–Crippen LogP) is 14.9. The van der Waals surface area contributed by atoms with Crippen molar-refractivity contribution >= 4 is 97.9 Å². The Bertz CT molecular complexity index is 3780. The Balaban J connectivity index is 1.09. The third-order valence-corrected chi connectivity index (χ3v) is 12.3. The number of nitrogens with zero attached hydrogens (tertiary/aromatic N) is 2. The molecule has 3 heterocycles. The van der Waals surface area contributed by atoms with Gasteiger partial charge in [-0.05, 0) is 92.0 Å². The Kier molecular flexibility index (Phi) is 6.16. The molecule has 0 fully saturated rings. The average molecular weight is 725 g/mol. The van der Waals surface area contributed by atoms with E-state index in [0.29, 0.717) is 0 Å². The molecule has 0 spiro atoms. The highest BCUT2D eigenvalue weighted by Crippen LogP contribution is 2.43. The van der Waals surface area contributed by atoms with Crippen LogP contribution < -0.4 is 0 Å². The monoisotopic (exact) mass is 724 g/mol. The summed E-state index contributed by atoms with van der Waals surface area (Å²) in [4.78, 5) is 0. The maximum Gasteiger partial charge on any atom is 0.137 e. The topological polar surface area (TPSA) is 23.0 Å². The lowest BCUT2D eigenvalue weighted by Gasteiger charge is -2.14. The summed E-state index contributed by atoms with van der Waals surface area (Å²) >= 11 is 0. The summed E-state index contributed by atoms with van der Waals surface area (Å²) in [7, 11) is 0. The minimum absolute atomic E-state index is 0.885. The molecule has 57 heavy (non-hydrogen) atoms. The van der Waals surface area contributed by atoms with Gasteiger partial charge in [-0.1, -0.05) is 140 Å². The molecule has 0 atom stereocenters. The van der Waals surface area contributed by atoms with E-state index in [1.807, 2.05) is 12.1 Å². The average Bonchev–Trinajstić information content (AvgIpc) is 3.94. The zero-order valence-corrected chi connectivity index (χ0v) is 30.8. The van der Waals surface area contributed by atoms with Gasteiger partial charge in [0.25, 0.3) is 0 Å². The van der Waals surface area contributed by atoms with Gasteiger partial charge >= 0.3 is 0 Å². The number of fused-ring (bicyclic) bond motifs is 16. The van der Waals surface area contributed by atoms with Crippen molar-refractivity contribution in [1.29, 1.82) is 0 Å². The molecule has 0 unspecified atom stereocenters. The first-order valence-electron chi connectivity index (χ1n) is 19.6. The maximum absolute atomic E-state index is 6.45. The van der Waals surface area contributed by atoms with Gasteiger partial charge in [0, 0.05) is 44.1 Å². The van der Waals surface area contributed by atoms with E-state index in [1.54, 1.807) is 0 Å². The van der Waals surface area contributed by atoms with Gasteiger partial charge in [0.15, 0.2) is 0 Å². The van der Waals surface area contributed by atoms with Crippen LogP contribution in [0.5, 0.6) is 0 Å². The summed E-state index contributed by atoms with van der Waals surface area (Å²) in [6, 6.07) is 70.9. The second-order valence-electron chi connectivity index (χ2n) is 15.2. The molecule has 0 radical (unpaired) electrons. The Hall–Kier alpha value is -7.62. The Morgan fingerprint density at radius 1 is 0.263 bits per heavy atom. The second-order valence-corrected chi connectivity index (χ2v) is 15.2. The third-order valence-electron chi connectivity index (χ3n) is 12.3. The first-order valence-corrected chi connectivity index (χ1v) is 19.6. The summed E-state index contributed by atoms with van der Waals surface area (Å²) in [5, 5.41) is 14.9. The first kappa shape index (κ1) is 30.7. The first-order chi connectivity index (χ1) is 28.3. The van der Waals surface area contributed by atoms with Crippen molar-refractivity contribution in [2.24, 2.45) is 0 Å². The van der Waals surface area contributed by atoms with Crippen LogP contribution in [-0.4, -0.2) is 9.13 Å². The normalized spacial score (nSPS) is 12.2. The highest BCUT2D eigenvalue weighted by Gasteiger charge is 2.22. The van der Waals surface area contributed by atoms with Crippen molar-refractivity contribution in [3.05, 3.63) is 194 Å². The molecule has 13 aromatic rings. The van der Waals surface area contributed by atoms with Crippen LogP contribution in [0.3, 0.4) is 0 Å². The lowest BCUT2D eigenvalue weighted by Crippen LogP contribution is -1.99. The van der Waals surface area contributed by atoms with Gasteiger partial charge in [0.05, 0.1) is 27.8 Å². The van der Waals surface area contributed by atoms with Crippen LogP contribution in [0.2, 0.25) is 0 Å². The van der Waals surface area contributed by atoms with E-state index in [2.05, 4.69) is 191 Å². The van der Waals surface area contributed by atoms with E-state index in [4.69, 9.17) is 4.42 Å². The van der Waals surface area contributed by atoms with Gasteiger partial charge in [-0.25, -0.2) is 0 Å². The number of furan rings is 1. The number of hydrogen-bond donors (Lipinski definition) is 0. The smallest absolute Gasteiger partial charge is 0.137 e. The fourth-order valence-electron chi connectivity index (χ4n) is 9.80. The number of para-hydroxylation sites is 3. The molecule has 13 rings (SSSR count). The number of aromatic nitrogens is 2.